The lowest BCUT2D eigenvalue weighted by atomic mass is 10.3. The molecule has 12 unspecified atom stereocenters. The Bertz CT molecular complexity index is 1630. The van der Waals surface area contributed by atoms with Gasteiger partial charge in [0.1, 0.15) is 0 Å². The monoisotopic (exact) mass is 1390 g/mol. The summed E-state index contributed by atoms with van der Waals surface area (Å²) in [6.45, 7) is 98.5. The fraction of sp³-hybridized carbons (Fsp3) is 1.00. The van der Waals surface area contributed by atoms with Gasteiger partial charge in [-0.1, -0.05) is 249 Å². The number of rotatable bonds is 33. The largest absolute Gasteiger partial charge is 0.104 e. The average molecular weight is 1400 g/mol. The Hall–Kier alpha value is 5.16. The molecule has 0 nitrogen and oxygen atoms in total. The van der Waals surface area contributed by atoms with Crippen LogP contribution in [0.5, 0.6) is 0 Å². The predicted octanol–water partition coefficient (Wildman–Crippen LogP) is 27.6. The summed E-state index contributed by atoms with van der Waals surface area (Å²) in [7, 11) is 0.122. The standard InChI is InChI=1S/C72H158P12/c1-61(2,3)73(37)39-41-75(63(7,8)9)43-45-77(65(13,14)15)47-49-79(67(19,20)21)51-53-81(69(25,26)27)55-57-83(71(31,32)33)59-60-84(72(34,35)36)58-56-82(70(28,29)30)54-52-80(68(22,23)24)50-48-78(66(16,17)18)46-44-76(64(10,11)12)42-40-74(38)62(4,5)6/h39-60H2,1-38H3. The zero-order valence-corrected chi connectivity index (χ0v) is 75.7. The smallest absolute Gasteiger partial charge is 0.0179 e. The van der Waals surface area contributed by atoms with Gasteiger partial charge in [0.15, 0.2) is 0 Å². The minimum Gasteiger partial charge on any atom is -0.104 e. The van der Waals surface area contributed by atoms with E-state index < -0.39 is 0 Å². The Morgan fingerprint density at radius 2 is 0.190 bits per heavy atom. The average Bonchev–Trinajstić information content (AvgIpc) is 3.31. The van der Waals surface area contributed by atoms with E-state index in [1.807, 2.05) is 0 Å². The van der Waals surface area contributed by atoms with Gasteiger partial charge in [0.25, 0.3) is 0 Å². The molecule has 0 heterocycles. The van der Waals surface area contributed by atoms with Gasteiger partial charge in [-0.05, 0) is 211 Å². The molecule has 0 fully saturated rings. The molecule has 0 aromatic heterocycles. The van der Waals surface area contributed by atoms with E-state index in [1.165, 1.54) is 136 Å². The Morgan fingerprint density at radius 1 is 0.119 bits per heavy atom. The maximum Gasteiger partial charge on any atom is -0.0179 e. The Morgan fingerprint density at radius 3 is 0.250 bits per heavy atom. The second-order valence-electron chi connectivity index (χ2n) is 37.8. The summed E-state index contributed by atoms with van der Waals surface area (Å²) < 4.78 is 0. The zero-order valence-electron chi connectivity index (χ0n) is 64.9. The second kappa shape index (κ2) is 36.7. The van der Waals surface area contributed by atoms with Crippen molar-refractivity contribution < 1.29 is 0 Å². The minimum atomic E-state index is -0.0327. The molecule has 0 radical (unpaired) electrons. The van der Waals surface area contributed by atoms with E-state index in [9.17, 15) is 0 Å². The van der Waals surface area contributed by atoms with Crippen LogP contribution in [0, 0.1) is 0 Å². The van der Waals surface area contributed by atoms with Crippen molar-refractivity contribution in [3.63, 3.8) is 0 Å². The molecule has 0 aliphatic carbocycles. The maximum atomic E-state index is 2.64. The third-order valence-electron chi connectivity index (χ3n) is 18.9. The van der Waals surface area contributed by atoms with E-state index in [2.05, 4.69) is 263 Å². The normalized spacial score (nSPS) is 19.1. The van der Waals surface area contributed by atoms with Crippen LogP contribution in [0.3, 0.4) is 0 Å². The van der Waals surface area contributed by atoms with Crippen LogP contribution in [0.25, 0.3) is 0 Å². The van der Waals surface area contributed by atoms with E-state index in [4.69, 9.17) is 0 Å². The van der Waals surface area contributed by atoms with Gasteiger partial charge in [0.2, 0.25) is 0 Å². The zero-order chi connectivity index (χ0) is 66.5. The van der Waals surface area contributed by atoms with Gasteiger partial charge in [-0.25, -0.2) is 0 Å². The first kappa shape index (κ1) is 89.2. The first-order chi connectivity index (χ1) is 37.1. The van der Waals surface area contributed by atoms with E-state index in [0.717, 1.165) is 0 Å². The van der Waals surface area contributed by atoms with Crippen LogP contribution in [0.2, 0.25) is 0 Å². The molecule has 0 N–H and O–H groups in total. The molecule has 12 atom stereocenters. The highest BCUT2D eigenvalue weighted by atomic mass is 31.2. The van der Waals surface area contributed by atoms with Crippen LogP contribution in [-0.2, 0) is 0 Å². The summed E-state index contributed by atoms with van der Waals surface area (Å²) in [6, 6.07) is 0. The molecule has 0 rings (SSSR count). The van der Waals surface area contributed by atoms with Gasteiger partial charge >= 0.3 is 0 Å². The molecule has 0 aliphatic rings. The summed E-state index contributed by atoms with van der Waals surface area (Å²) in [5.41, 5.74) is 0. The van der Waals surface area contributed by atoms with Crippen molar-refractivity contribution in [1.82, 2.24) is 0 Å². The van der Waals surface area contributed by atoms with Crippen molar-refractivity contribution in [2.45, 2.75) is 311 Å². The molecule has 0 saturated heterocycles. The highest BCUT2D eigenvalue weighted by Gasteiger charge is 2.38. The molecule has 0 bridgehead atoms. The van der Waals surface area contributed by atoms with Crippen molar-refractivity contribution in [3.05, 3.63) is 0 Å². The van der Waals surface area contributed by atoms with Gasteiger partial charge in [0.05, 0.1) is 0 Å². The van der Waals surface area contributed by atoms with Crippen LogP contribution in [-0.4, -0.2) is 211 Å². The van der Waals surface area contributed by atoms with Crippen LogP contribution in [0.4, 0.5) is 0 Å². The Balaban J connectivity index is 6.28. The SMILES string of the molecule is CP(CCP(CCP(CCP(CCP(CCP(CCP(CCP(CCP(CCP(CCP(CCP(C)C(C)(C)C)C(C)(C)C)C(C)(C)C)C(C)(C)C)C(C)(C)C)C(C)(C)C)C(C)(C)C)C(C)(C)C)C(C)(C)C)C(C)(C)C)C(C)(C)C)C(C)(C)C. The van der Waals surface area contributed by atoms with Crippen molar-refractivity contribution >= 4 is 95.1 Å². The fourth-order valence-corrected chi connectivity index (χ4v) is 49.9. The highest BCUT2D eigenvalue weighted by Crippen LogP contribution is 2.66. The van der Waals surface area contributed by atoms with Gasteiger partial charge in [-0.15, -0.1) is 95.1 Å². The quantitative estimate of drug-likeness (QED) is 0.0575. The van der Waals surface area contributed by atoms with E-state index in [1.54, 1.807) is 0 Å². The first-order valence-electron chi connectivity index (χ1n) is 34.0. The molecule has 0 spiro atoms. The summed E-state index contributed by atoms with van der Waals surface area (Å²) in [4.78, 5) is 0. The molecular formula is C72H158P12. The Labute approximate surface area is 551 Å². The third-order valence-corrected chi connectivity index (χ3v) is 63.4. The van der Waals surface area contributed by atoms with Crippen LogP contribution in [0.15, 0.2) is 0 Å². The van der Waals surface area contributed by atoms with E-state index >= 15 is 0 Å². The van der Waals surface area contributed by atoms with Crippen molar-refractivity contribution in [1.29, 1.82) is 0 Å². The predicted molar refractivity (Wildman–Crippen MR) is 439 cm³/mol. The molecule has 0 aromatic rings. The minimum absolute atomic E-state index is 0.00559. The summed E-state index contributed by atoms with van der Waals surface area (Å²) in [6.07, 6.45) is 32.9. The van der Waals surface area contributed by atoms with E-state index in [0.29, 0.717) is 61.9 Å². The van der Waals surface area contributed by atoms with Crippen LogP contribution >= 0.6 is 95.1 Å². The summed E-state index contributed by atoms with van der Waals surface area (Å²) in [5, 5.41) is 5.30. The second-order valence-corrected chi connectivity index (χ2v) is 77.3. The first-order valence-corrected chi connectivity index (χ1v) is 55.1. The lowest BCUT2D eigenvalue weighted by Crippen LogP contribution is -2.26. The highest BCUT2D eigenvalue weighted by molar-refractivity contribution is 7.69. The molecule has 84 heavy (non-hydrogen) atoms. The lowest BCUT2D eigenvalue weighted by molar-refractivity contribution is 0.766. The van der Waals surface area contributed by atoms with Crippen molar-refractivity contribution in [2.75, 3.05) is 149 Å². The van der Waals surface area contributed by atoms with Crippen LogP contribution < -0.4 is 0 Å². The summed E-state index contributed by atoms with van der Waals surface area (Å²) >= 11 is 0. The lowest BCUT2D eigenvalue weighted by Gasteiger charge is -2.41. The topological polar surface area (TPSA) is 0 Å². The van der Waals surface area contributed by atoms with Crippen molar-refractivity contribution in [3.8, 4) is 0 Å². The van der Waals surface area contributed by atoms with Gasteiger partial charge in [0, 0.05) is 0 Å². The number of hydrogen-bond donors (Lipinski definition) is 0. The van der Waals surface area contributed by atoms with Crippen LogP contribution in [0.1, 0.15) is 249 Å². The molecular weight excluding hydrogens is 1240 g/mol. The van der Waals surface area contributed by atoms with Crippen molar-refractivity contribution in [2.24, 2.45) is 0 Å². The number of hydrogen-bond acceptors (Lipinski definition) is 0. The molecule has 0 aromatic carbocycles. The third kappa shape index (κ3) is 37.0. The summed E-state index contributed by atoms with van der Waals surface area (Å²) in [5.74, 6) is 0. The molecule has 0 amide bonds. The molecule has 506 valence electrons. The Kier molecular flexibility index (Phi) is 38.9. The fourth-order valence-electron chi connectivity index (χ4n) is 11.2. The molecule has 0 saturated carbocycles. The van der Waals surface area contributed by atoms with Gasteiger partial charge in [-0.2, -0.15) is 0 Å². The van der Waals surface area contributed by atoms with Gasteiger partial charge < -0.3 is 0 Å². The molecule has 0 aliphatic heterocycles. The van der Waals surface area contributed by atoms with Gasteiger partial charge in [-0.3, -0.25) is 0 Å². The maximum absolute atomic E-state index is 2.64. The molecule has 12 heteroatoms. The van der Waals surface area contributed by atoms with E-state index in [-0.39, 0.29) is 95.1 Å².